The Morgan fingerprint density at radius 3 is 2.65 bits per heavy atom. The first-order valence-corrected chi connectivity index (χ1v) is 13.4. The maximum Gasteiger partial charge on any atom is 0.328 e. The number of amides is 1. The number of aromatic amines is 1. The van der Waals surface area contributed by atoms with Gasteiger partial charge in [-0.3, -0.25) is 4.79 Å². The molecule has 202 valence electrons. The summed E-state index contributed by atoms with van der Waals surface area (Å²) >= 11 is 6.21. The predicted octanol–water partition coefficient (Wildman–Crippen LogP) is 5.71. The van der Waals surface area contributed by atoms with E-state index in [1.807, 2.05) is 79.1 Å². The number of rotatable bonds is 10. The summed E-state index contributed by atoms with van der Waals surface area (Å²) < 4.78 is 6.74. The quantitative estimate of drug-likeness (QED) is 0.172. The molecule has 0 radical (unpaired) electrons. The third kappa shape index (κ3) is 6.50. The lowest BCUT2D eigenvalue weighted by Gasteiger charge is -2.15. The molecule has 40 heavy (non-hydrogen) atoms. The Morgan fingerprint density at radius 2 is 1.85 bits per heavy atom. The van der Waals surface area contributed by atoms with E-state index in [-0.39, 0.29) is 0 Å². The molecule has 3 aromatic carbocycles. The lowest BCUT2D eigenvalue weighted by atomic mass is 10.0. The normalized spacial score (nSPS) is 12.1. The molecule has 0 spiro atoms. The third-order valence-corrected chi connectivity index (χ3v) is 6.94. The minimum atomic E-state index is -0.840. The Morgan fingerprint density at radius 1 is 1.05 bits per heavy atom. The average molecular weight is 553 g/mol. The summed E-state index contributed by atoms with van der Waals surface area (Å²) in [6.45, 7) is 0. The van der Waals surface area contributed by atoms with E-state index >= 15 is 0 Å². The fourth-order valence-electron chi connectivity index (χ4n) is 4.66. The molecule has 8 heteroatoms. The predicted molar refractivity (Wildman–Crippen MR) is 157 cm³/mol. The van der Waals surface area contributed by atoms with Crippen molar-refractivity contribution in [1.29, 1.82) is 0 Å². The SMILES string of the molecule is COC(=O)C(Cc1c[nH]c2ccccc12)NC(=O)/C=C\c1cn(-c2cccc(Cl)c2)nc1CCc1ccccc1. The number of ether oxygens (including phenoxy) is 1. The van der Waals surface area contributed by atoms with Gasteiger partial charge in [0.2, 0.25) is 5.91 Å². The number of para-hydroxylation sites is 1. The first-order chi connectivity index (χ1) is 19.5. The monoisotopic (exact) mass is 552 g/mol. The second-order valence-electron chi connectivity index (χ2n) is 9.42. The van der Waals surface area contributed by atoms with Crippen LogP contribution in [0.1, 0.15) is 22.4 Å². The van der Waals surface area contributed by atoms with Gasteiger partial charge in [-0.25, -0.2) is 9.48 Å². The Labute approximate surface area is 237 Å². The van der Waals surface area contributed by atoms with Crippen molar-refractivity contribution in [1.82, 2.24) is 20.1 Å². The summed E-state index contributed by atoms with van der Waals surface area (Å²) in [6.07, 6.45) is 8.66. The van der Waals surface area contributed by atoms with Crippen LogP contribution in [-0.4, -0.2) is 39.8 Å². The highest BCUT2D eigenvalue weighted by Gasteiger charge is 2.22. The standard InChI is InChI=1S/C32H29ClN4O3/c1-40-32(39)30(18-24-20-34-29-13-6-5-12-27(24)29)35-31(38)17-15-23-21-37(26-11-7-10-25(33)19-26)36-28(23)16-14-22-8-3-2-4-9-22/h2-13,15,17,19-21,30,34H,14,16,18H2,1H3,(H,35,38)/b17-15-. The number of aromatic nitrogens is 3. The van der Waals surface area contributed by atoms with Gasteiger partial charge in [-0.1, -0.05) is 66.2 Å². The second-order valence-corrected chi connectivity index (χ2v) is 9.86. The van der Waals surface area contributed by atoms with E-state index in [4.69, 9.17) is 21.4 Å². The van der Waals surface area contributed by atoms with Gasteiger partial charge < -0.3 is 15.0 Å². The molecule has 2 aromatic heterocycles. The summed E-state index contributed by atoms with van der Waals surface area (Å²) in [6, 6.07) is 24.6. The number of H-pyrrole nitrogens is 1. The molecule has 1 atom stereocenters. The van der Waals surface area contributed by atoms with Crippen molar-refractivity contribution in [2.24, 2.45) is 0 Å². The lowest BCUT2D eigenvalue weighted by molar-refractivity contribution is -0.144. The smallest absolute Gasteiger partial charge is 0.328 e. The highest BCUT2D eigenvalue weighted by atomic mass is 35.5. The number of aryl methyl sites for hydroxylation is 2. The largest absolute Gasteiger partial charge is 0.467 e. The van der Waals surface area contributed by atoms with Crippen LogP contribution in [0.4, 0.5) is 0 Å². The molecule has 0 aliphatic heterocycles. The van der Waals surface area contributed by atoms with Crippen molar-refractivity contribution in [2.75, 3.05) is 7.11 Å². The summed E-state index contributed by atoms with van der Waals surface area (Å²) in [5.41, 5.74) is 5.55. The van der Waals surface area contributed by atoms with Gasteiger partial charge in [-0.05, 0) is 54.3 Å². The molecule has 0 aliphatic carbocycles. The number of methoxy groups -OCH3 is 1. The fraction of sp³-hybridized carbons (Fsp3) is 0.156. The van der Waals surface area contributed by atoms with Crippen molar-refractivity contribution in [3.63, 3.8) is 0 Å². The zero-order valence-electron chi connectivity index (χ0n) is 22.0. The zero-order valence-corrected chi connectivity index (χ0v) is 22.8. The molecule has 0 saturated heterocycles. The van der Waals surface area contributed by atoms with E-state index < -0.39 is 17.9 Å². The van der Waals surface area contributed by atoms with Crippen molar-refractivity contribution in [3.8, 4) is 5.69 Å². The number of halogens is 1. The molecule has 5 aromatic rings. The summed E-state index contributed by atoms with van der Waals surface area (Å²) in [5.74, 6) is -0.913. The van der Waals surface area contributed by atoms with Gasteiger partial charge in [0, 0.05) is 46.4 Å². The molecule has 0 fully saturated rings. The molecular weight excluding hydrogens is 524 g/mol. The minimum Gasteiger partial charge on any atom is -0.467 e. The number of nitrogens with one attached hydrogen (secondary N) is 2. The number of hydrogen-bond acceptors (Lipinski definition) is 4. The zero-order chi connectivity index (χ0) is 27.9. The van der Waals surface area contributed by atoms with Gasteiger partial charge in [0.05, 0.1) is 18.5 Å². The van der Waals surface area contributed by atoms with Crippen molar-refractivity contribution in [2.45, 2.75) is 25.3 Å². The van der Waals surface area contributed by atoms with Crippen LogP contribution in [0, 0.1) is 0 Å². The van der Waals surface area contributed by atoms with Crippen molar-refractivity contribution < 1.29 is 14.3 Å². The molecule has 2 heterocycles. The summed E-state index contributed by atoms with van der Waals surface area (Å²) in [7, 11) is 1.32. The Balaban J connectivity index is 1.35. The molecule has 1 amide bonds. The Hall–Kier alpha value is -4.62. The molecular formula is C32H29ClN4O3. The molecule has 7 nitrogen and oxygen atoms in total. The van der Waals surface area contributed by atoms with Gasteiger partial charge in [0.15, 0.2) is 0 Å². The molecule has 2 N–H and O–H groups in total. The van der Waals surface area contributed by atoms with E-state index in [1.165, 1.54) is 18.7 Å². The Bertz CT molecular complexity index is 1660. The van der Waals surface area contributed by atoms with Crippen LogP contribution in [-0.2, 0) is 33.6 Å². The van der Waals surface area contributed by atoms with Gasteiger partial charge in [-0.15, -0.1) is 0 Å². The molecule has 0 bridgehead atoms. The van der Waals surface area contributed by atoms with E-state index in [0.717, 1.165) is 39.8 Å². The topological polar surface area (TPSA) is 89.0 Å². The molecule has 1 unspecified atom stereocenters. The number of nitrogens with zero attached hydrogens (tertiary/aromatic N) is 2. The molecule has 5 rings (SSSR count). The molecule has 0 saturated carbocycles. The lowest BCUT2D eigenvalue weighted by Crippen LogP contribution is -2.42. The summed E-state index contributed by atoms with van der Waals surface area (Å²) in [5, 5.41) is 9.21. The minimum absolute atomic E-state index is 0.297. The fourth-order valence-corrected chi connectivity index (χ4v) is 4.84. The van der Waals surface area contributed by atoms with Gasteiger partial charge in [0.1, 0.15) is 6.04 Å². The van der Waals surface area contributed by atoms with Crippen LogP contribution in [0.15, 0.2) is 97.3 Å². The maximum absolute atomic E-state index is 13.0. The van der Waals surface area contributed by atoms with Gasteiger partial charge in [-0.2, -0.15) is 5.10 Å². The van der Waals surface area contributed by atoms with Crippen LogP contribution in [0.2, 0.25) is 5.02 Å². The first kappa shape index (κ1) is 27.0. The van der Waals surface area contributed by atoms with Crippen LogP contribution in [0.3, 0.4) is 0 Å². The van der Waals surface area contributed by atoms with Crippen LogP contribution >= 0.6 is 11.6 Å². The van der Waals surface area contributed by atoms with Crippen LogP contribution in [0.5, 0.6) is 0 Å². The average Bonchev–Trinajstić information content (AvgIpc) is 3.59. The van der Waals surface area contributed by atoms with Gasteiger partial charge >= 0.3 is 5.97 Å². The van der Waals surface area contributed by atoms with E-state index in [9.17, 15) is 9.59 Å². The maximum atomic E-state index is 13.0. The number of esters is 1. The van der Waals surface area contributed by atoms with E-state index in [0.29, 0.717) is 17.9 Å². The Kier molecular flexibility index (Phi) is 8.42. The highest BCUT2D eigenvalue weighted by molar-refractivity contribution is 6.30. The summed E-state index contributed by atoms with van der Waals surface area (Å²) in [4.78, 5) is 28.7. The van der Waals surface area contributed by atoms with Gasteiger partial charge in [0.25, 0.3) is 0 Å². The number of hydrogen-bond donors (Lipinski definition) is 2. The number of carbonyl (C=O) groups excluding carboxylic acids is 2. The van der Waals surface area contributed by atoms with Crippen LogP contribution < -0.4 is 5.32 Å². The number of carbonyl (C=O) groups is 2. The van der Waals surface area contributed by atoms with Crippen molar-refractivity contribution >= 4 is 40.5 Å². The van der Waals surface area contributed by atoms with Crippen molar-refractivity contribution in [3.05, 3.63) is 125 Å². The molecule has 0 aliphatic rings. The third-order valence-electron chi connectivity index (χ3n) is 6.70. The van der Waals surface area contributed by atoms with Crippen LogP contribution in [0.25, 0.3) is 22.7 Å². The second kappa shape index (κ2) is 12.5. The first-order valence-electron chi connectivity index (χ1n) is 13.0. The number of fused-ring (bicyclic) bond motifs is 1. The van der Waals surface area contributed by atoms with E-state index in [2.05, 4.69) is 22.4 Å². The van der Waals surface area contributed by atoms with E-state index in [1.54, 1.807) is 10.8 Å². The highest BCUT2D eigenvalue weighted by Crippen LogP contribution is 2.21. The number of benzene rings is 3.